The Hall–Kier alpha value is -5.05. The lowest BCUT2D eigenvalue weighted by molar-refractivity contribution is 1.43. The molecule has 0 amide bonds. The second-order valence-electron chi connectivity index (χ2n) is 10.7. The summed E-state index contributed by atoms with van der Waals surface area (Å²) in [7, 11) is 0. The van der Waals surface area contributed by atoms with Gasteiger partial charge in [0.05, 0.1) is 11.2 Å². The van der Waals surface area contributed by atoms with Gasteiger partial charge in [0.2, 0.25) is 0 Å². The fourth-order valence-electron chi connectivity index (χ4n) is 6.64. The Kier molecular flexibility index (Phi) is 4.84. The number of benzene rings is 7. The first-order valence-electron chi connectivity index (χ1n) is 14.0. The van der Waals surface area contributed by atoms with Crippen LogP contribution in [-0.2, 0) is 0 Å². The molecule has 0 bridgehead atoms. The van der Waals surface area contributed by atoms with Crippen LogP contribution in [0.15, 0.2) is 140 Å². The standard InChI is InChI=1S/C39H23NS/c1-3-16-30-27(13-1)28-14-2-4-17-31(28)37-36(30)33-18-5-7-21-34(33)40-38(37)25-12-9-11-24(23-25)26-19-10-20-32-29-15-6-8-22-35(29)41-39(26)32/h1-23H. The van der Waals surface area contributed by atoms with E-state index in [1.807, 2.05) is 11.3 Å². The lowest BCUT2D eigenvalue weighted by Crippen LogP contribution is -1.93. The van der Waals surface area contributed by atoms with E-state index in [-0.39, 0.29) is 0 Å². The number of hydrogen-bond donors (Lipinski definition) is 0. The van der Waals surface area contributed by atoms with Gasteiger partial charge in [-0.05, 0) is 50.9 Å². The van der Waals surface area contributed by atoms with Crippen LogP contribution in [-0.4, -0.2) is 4.98 Å². The second-order valence-corrected chi connectivity index (χ2v) is 11.7. The Morgan fingerprint density at radius 1 is 0.415 bits per heavy atom. The fraction of sp³-hybridized carbons (Fsp3) is 0. The maximum Gasteiger partial charge on any atom is 0.0794 e. The molecule has 0 spiro atoms. The van der Waals surface area contributed by atoms with Crippen LogP contribution in [0, 0.1) is 0 Å². The Balaban J connectivity index is 1.40. The number of pyridine rings is 1. The molecule has 9 aromatic rings. The van der Waals surface area contributed by atoms with E-state index >= 15 is 0 Å². The van der Waals surface area contributed by atoms with Crippen molar-refractivity contribution in [2.24, 2.45) is 0 Å². The van der Waals surface area contributed by atoms with Crippen LogP contribution in [0.1, 0.15) is 0 Å². The molecule has 2 heterocycles. The summed E-state index contributed by atoms with van der Waals surface area (Å²) in [5, 5.41) is 11.4. The molecule has 0 aliphatic heterocycles. The molecule has 0 radical (unpaired) electrons. The number of rotatable bonds is 2. The van der Waals surface area contributed by atoms with Gasteiger partial charge in [-0.3, -0.25) is 0 Å². The van der Waals surface area contributed by atoms with E-state index in [0.717, 1.165) is 16.8 Å². The van der Waals surface area contributed by atoms with Gasteiger partial charge in [0.25, 0.3) is 0 Å². The highest BCUT2D eigenvalue weighted by atomic mass is 32.1. The van der Waals surface area contributed by atoms with E-state index < -0.39 is 0 Å². The molecule has 9 rings (SSSR count). The molecule has 0 fully saturated rings. The van der Waals surface area contributed by atoms with Crippen molar-refractivity contribution in [3.8, 4) is 22.4 Å². The van der Waals surface area contributed by atoms with Gasteiger partial charge in [-0.15, -0.1) is 11.3 Å². The topological polar surface area (TPSA) is 12.9 Å². The molecule has 1 nitrogen and oxygen atoms in total. The molecule has 0 aliphatic carbocycles. The molecule has 0 saturated carbocycles. The Morgan fingerprint density at radius 2 is 1.00 bits per heavy atom. The van der Waals surface area contributed by atoms with Crippen molar-refractivity contribution in [1.82, 2.24) is 4.98 Å². The summed E-state index contributed by atoms with van der Waals surface area (Å²) in [4.78, 5) is 5.37. The fourth-order valence-corrected chi connectivity index (χ4v) is 7.88. The molecular weight excluding hydrogens is 515 g/mol. The van der Waals surface area contributed by atoms with Gasteiger partial charge in [-0.25, -0.2) is 4.98 Å². The van der Waals surface area contributed by atoms with Crippen LogP contribution in [0.3, 0.4) is 0 Å². The third kappa shape index (κ3) is 3.32. The van der Waals surface area contributed by atoms with Crippen molar-refractivity contribution >= 4 is 74.7 Å². The number of para-hydroxylation sites is 1. The van der Waals surface area contributed by atoms with Gasteiger partial charge >= 0.3 is 0 Å². The van der Waals surface area contributed by atoms with Crippen LogP contribution in [0.4, 0.5) is 0 Å². The smallest absolute Gasteiger partial charge is 0.0794 e. The Morgan fingerprint density at radius 3 is 1.80 bits per heavy atom. The van der Waals surface area contributed by atoms with Crippen LogP contribution in [0.5, 0.6) is 0 Å². The van der Waals surface area contributed by atoms with Gasteiger partial charge < -0.3 is 0 Å². The van der Waals surface area contributed by atoms with Crippen LogP contribution in [0.2, 0.25) is 0 Å². The number of fused-ring (bicyclic) bond motifs is 11. The maximum absolute atomic E-state index is 5.37. The lowest BCUT2D eigenvalue weighted by atomic mass is 9.89. The van der Waals surface area contributed by atoms with E-state index in [4.69, 9.17) is 4.98 Å². The maximum atomic E-state index is 5.37. The minimum atomic E-state index is 1.02. The van der Waals surface area contributed by atoms with Crippen LogP contribution >= 0.6 is 11.3 Å². The van der Waals surface area contributed by atoms with E-state index in [1.165, 1.54) is 69.0 Å². The van der Waals surface area contributed by atoms with Crippen molar-refractivity contribution in [1.29, 1.82) is 0 Å². The van der Waals surface area contributed by atoms with E-state index in [2.05, 4.69) is 140 Å². The number of hydrogen-bond acceptors (Lipinski definition) is 2. The normalized spacial score (nSPS) is 11.9. The first-order chi connectivity index (χ1) is 20.3. The molecule has 2 heteroatoms. The van der Waals surface area contributed by atoms with Gasteiger partial charge in [0, 0.05) is 41.9 Å². The molecule has 0 aliphatic rings. The number of aromatic nitrogens is 1. The first kappa shape index (κ1) is 22.7. The first-order valence-corrected chi connectivity index (χ1v) is 14.8. The SMILES string of the molecule is c1cc(-c2cccc3c2sc2ccccc23)cc(-c2nc3ccccc3c3c4ccccc4c4ccccc4c23)c1. The molecule has 7 aromatic carbocycles. The van der Waals surface area contributed by atoms with Crippen molar-refractivity contribution < 1.29 is 0 Å². The highest BCUT2D eigenvalue weighted by molar-refractivity contribution is 7.26. The van der Waals surface area contributed by atoms with E-state index in [9.17, 15) is 0 Å². The van der Waals surface area contributed by atoms with Crippen molar-refractivity contribution in [3.63, 3.8) is 0 Å². The zero-order valence-electron chi connectivity index (χ0n) is 22.1. The highest BCUT2D eigenvalue weighted by Gasteiger charge is 2.18. The van der Waals surface area contributed by atoms with Gasteiger partial charge in [0.15, 0.2) is 0 Å². The third-order valence-corrected chi connectivity index (χ3v) is 9.65. The molecular formula is C39H23NS. The number of thiophene rings is 1. The average molecular weight is 538 g/mol. The minimum Gasteiger partial charge on any atom is -0.247 e. The monoisotopic (exact) mass is 537 g/mol. The van der Waals surface area contributed by atoms with Gasteiger partial charge in [0.1, 0.15) is 0 Å². The van der Waals surface area contributed by atoms with Gasteiger partial charge in [-0.1, -0.05) is 121 Å². The third-order valence-electron chi connectivity index (χ3n) is 8.43. The Labute approximate surface area is 240 Å². The zero-order chi connectivity index (χ0) is 26.9. The predicted molar refractivity (Wildman–Crippen MR) is 178 cm³/mol. The summed E-state index contributed by atoms with van der Waals surface area (Å²) in [5.41, 5.74) is 5.68. The molecule has 41 heavy (non-hydrogen) atoms. The number of nitrogens with zero attached hydrogens (tertiary/aromatic N) is 1. The summed E-state index contributed by atoms with van der Waals surface area (Å²) < 4.78 is 2.66. The quantitative estimate of drug-likeness (QED) is 0.200. The molecule has 190 valence electrons. The largest absolute Gasteiger partial charge is 0.247 e. The molecule has 2 aromatic heterocycles. The molecule has 0 atom stereocenters. The highest BCUT2D eigenvalue weighted by Crippen LogP contribution is 2.44. The van der Waals surface area contributed by atoms with Crippen LogP contribution in [0.25, 0.3) is 85.8 Å². The minimum absolute atomic E-state index is 1.02. The Bertz CT molecular complexity index is 2480. The van der Waals surface area contributed by atoms with Crippen molar-refractivity contribution in [2.75, 3.05) is 0 Å². The van der Waals surface area contributed by atoms with Crippen LogP contribution < -0.4 is 0 Å². The molecule has 0 saturated heterocycles. The average Bonchev–Trinajstić information content (AvgIpc) is 3.43. The summed E-state index contributed by atoms with van der Waals surface area (Å²) in [6, 6.07) is 50.5. The van der Waals surface area contributed by atoms with Crippen molar-refractivity contribution in [3.05, 3.63) is 140 Å². The summed E-state index contributed by atoms with van der Waals surface area (Å²) in [6.45, 7) is 0. The predicted octanol–water partition coefficient (Wildman–Crippen LogP) is 11.4. The van der Waals surface area contributed by atoms with Gasteiger partial charge in [-0.2, -0.15) is 0 Å². The zero-order valence-corrected chi connectivity index (χ0v) is 23.0. The summed E-state index contributed by atoms with van der Waals surface area (Å²) in [6.07, 6.45) is 0. The summed E-state index contributed by atoms with van der Waals surface area (Å²) >= 11 is 1.88. The second kappa shape index (κ2) is 8.72. The van der Waals surface area contributed by atoms with E-state index in [1.54, 1.807) is 0 Å². The molecule has 0 unspecified atom stereocenters. The van der Waals surface area contributed by atoms with Crippen molar-refractivity contribution in [2.45, 2.75) is 0 Å². The lowest BCUT2D eigenvalue weighted by Gasteiger charge is -2.16. The summed E-state index contributed by atoms with van der Waals surface area (Å²) in [5.74, 6) is 0. The van der Waals surface area contributed by atoms with E-state index in [0.29, 0.717) is 0 Å². The molecule has 0 N–H and O–H groups in total.